The summed E-state index contributed by atoms with van der Waals surface area (Å²) in [6.45, 7) is 3.41. The Balaban J connectivity index is 1.57. The number of aromatic nitrogens is 1. The van der Waals surface area contributed by atoms with E-state index < -0.39 is 78.0 Å². The van der Waals surface area contributed by atoms with E-state index in [1.165, 1.54) is 12.1 Å². The third-order valence-electron chi connectivity index (χ3n) is 7.07. The second-order valence-electron chi connectivity index (χ2n) is 10.5. The number of aliphatic imine (C=N–C) groups is 1. The molecule has 6 unspecified atom stereocenters. The van der Waals surface area contributed by atoms with Crippen LogP contribution in [0.4, 0.5) is 8.78 Å². The van der Waals surface area contributed by atoms with Crippen molar-refractivity contribution in [2.75, 3.05) is 19.8 Å². The monoisotopic (exact) mass is 645 g/mol. The molecule has 0 bridgehead atoms. The van der Waals surface area contributed by atoms with Crippen LogP contribution in [0.2, 0.25) is 0 Å². The highest BCUT2D eigenvalue weighted by Gasteiger charge is 2.50. The number of nitrogens with one attached hydrogen (secondary N) is 2. The van der Waals surface area contributed by atoms with Gasteiger partial charge in [0.1, 0.15) is 35.7 Å². The fraction of sp³-hybridized carbons (Fsp3) is 0.367. The smallest absolute Gasteiger partial charge is 0.263 e. The van der Waals surface area contributed by atoms with Crippen molar-refractivity contribution in [3.63, 3.8) is 0 Å². The molecule has 3 heterocycles. The molecule has 3 aromatic rings. The lowest BCUT2D eigenvalue weighted by atomic mass is 10.1. The maximum absolute atomic E-state index is 16.1. The van der Waals surface area contributed by atoms with Crippen LogP contribution in [0.15, 0.2) is 47.5 Å². The number of aliphatic hydroxyl groups excluding tert-OH is 3. The summed E-state index contributed by atoms with van der Waals surface area (Å²) in [6.07, 6.45) is -7.79. The second kappa shape index (κ2) is 13.8. The van der Waals surface area contributed by atoms with Crippen LogP contribution in [-0.2, 0) is 9.47 Å². The highest BCUT2D eigenvalue weighted by molar-refractivity contribution is 6.00. The summed E-state index contributed by atoms with van der Waals surface area (Å²) < 4.78 is 59.8. The minimum absolute atomic E-state index is 0.0403. The van der Waals surface area contributed by atoms with Crippen LogP contribution in [0.25, 0.3) is 0 Å². The topological polar surface area (TPSA) is 214 Å². The Morgan fingerprint density at radius 1 is 1.17 bits per heavy atom. The van der Waals surface area contributed by atoms with Gasteiger partial charge in [-0.3, -0.25) is 10.4 Å². The Kier molecular flexibility index (Phi) is 9.83. The molecule has 0 spiro atoms. The molecule has 2 aliphatic rings. The fourth-order valence-electron chi connectivity index (χ4n) is 4.79. The van der Waals surface area contributed by atoms with Gasteiger partial charge in [0.25, 0.3) is 11.8 Å². The molecule has 0 saturated carbocycles. The zero-order chi connectivity index (χ0) is 33.1. The Labute approximate surface area is 261 Å². The van der Waals surface area contributed by atoms with Crippen LogP contribution < -0.4 is 25.3 Å². The average molecular weight is 646 g/mol. The van der Waals surface area contributed by atoms with E-state index in [9.17, 15) is 20.4 Å². The van der Waals surface area contributed by atoms with E-state index in [0.29, 0.717) is 17.9 Å². The van der Waals surface area contributed by atoms with Gasteiger partial charge in [0.15, 0.2) is 23.9 Å². The van der Waals surface area contributed by atoms with E-state index in [1.54, 1.807) is 25.1 Å². The van der Waals surface area contributed by atoms with Crippen LogP contribution in [0.3, 0.4) is 0 Å². The summed E-state index contributed by atoms with van der Waals surface area (Å²) >= 11 is 0. The van der Waals surface area contributed by atoms with Crippen LogP contribution in [0.5, 0.6) is 34.8 Å². The number of nitrogens with zero attached hydrogens (tertiary/aromatic N) is 2. The van der Waals surface area contributed by atoms with Crippen molar-refractivity contribution < 1.29 is 52.9 Å². The molecule has 1 aromatic heterocycles. The van der Waals surface area contributed by atoms with E-state index in [4.69, 9.17) is 34.8 Å². The largest absolute Gasteiger partial charge is 0.504 e. The quantitative estimate of drug-likeness (QED) is 0.111. The van der Waals surface area contributed by atoms with Gasteiger partial charge in [0.05, 0.1) is 12.6 Å². The molecule has 16 heteroatoms. The zero-order valence-corrected chi connectivity index (χ0v) is 24.7. The van der Waals surface area contributed by atoms with E-state index >= 15 is 8.78 Å². The first-order valence-electron chi connectivity index (χ1n) is 14.3. The predicted octanol–water partition coefficient (Wildman–Crippen LogP) is 1.90. The molecular weight excluding hydrogens is 612 g/mol. The Hall–Kier alpha value is -4.61. The lowest BCUT2D eigenvalue weighted by molar-refractivity contribution is -0.178. The number of phenolic OH excluding ortho intramolecular Hbond substituents is 1. The van der Waals surface area contributed by atoms with Gasteiger partial charge in [-0.15, -0.1) is 0 Å². The van der Waals surface area contributed by atoms with Gasteiger partial charge in [0.2, 0.25) is 17.4 Å². The fourth-order valence-corrected chi connectivity index (χ4v) is 4.79. The molecule has 0 aliphatic carbocycles. The maximum atomic E-state index is 16.1. The molecule has 2 aromatic carbocycles. The third-order valence-corrected chi connectivity index (χ3v) is 7.07. The molecule has 46 heavy (non-hydrogen) atoms. The van der Waals surface area contributed by atoms with Crippen LogP contribution in [0, 0.1) is 17.0 Å². The Morgan fingerprint density at radius 2 is 1.91 bits per heavy atom. The minimum Gasteiger partial charge on any atom is -0.504 e. The van der Waals surface area contributed by atoms with Crippen LogP contribution in [-0.4, -0.2) is 93.6 Å². The zero-order valence-electron chi connectivity index (χ0n) is 24.7. The van der Waals surface area contributed by atoms with Crippen molar-refractivity contribution in [2.45, 2.75) is 50.6 Å². The number of halogens is 2. The van der Waals surface area contributed by atoms with E-state index in [1.807, 2.05) is 6.92 Å². The number of nitrogen functional groups attached to an aromatic ring is 1. The van der Waals surface area contributed by atoms with Gasteiger partial charge in [-0.25, -0.2) is 0 Å². The SMILES string of the molecule is CCOC1OC(C(O)CO)C(Oc2c(F)c(Oc3cccc(C4=NC(C)CN4)c3)nc(Oc3cc(C(=N)N)ccc3O)c2F)C1O. The van der Waals surface area contributed by atoms with Crippen molar-refractivity contribution in [1.82, 2.24) is 10.3 Å². The molecule has 1 saturated heterocycles. The maximum Gasteiger partial charge on any atom is 0.263 e. The minimum atomic E-state index is -1.66. The van der Waals surface area contributed by atoms with Gasteiger partial charge in [-0.1, -0.05) is 12.1 Å². The summed E-state index contributed by atoms with van der Waals surface area (Å²) in [6, 6.07) is 10.1. The standard InChI is InChI=1S/C30H33F2N5O9/c1-3-42-30-22(41)25(23(46-30)18(40)12-38)45-24-20(31)28(43-16-6-4-5-15(9-16)27-35-11-13(2)36-27)37-29(21(24)32)44-19-10-14(26(33)34)7-8-17(19)39/h4-10,13,18,22-23,25,30,38-41H,3,11-12H2,1-2H3,(H3,33,34)(H,35,36). The number of ether oxygens (including phenoxy) is 5. The van der Waals surface area contributed by atoms with Crippen LogP contribution in [0.1, 0.15) is 25.0 Å². The summed E-state index contributed by atoms with van der Waals surface area (Å²) in [4.78, 5) is 8.35. The number of aliphatic hydroxyl groups is 3. The molecule has 246 valence electrons. The molecular formula is C30H33F2N5O9. The first-order valence-corrected chi connectivity index (χ1v) is 14.3. The van der Waals surface area contributed by atoms with Crippen molar-refractivity contribution in [3.05, 3.63) is 65.2 Å². The number of pyridine rings is 1. The van der Waals surface area contributed by atoms with Crippen molar-refractivity contribution in [3.8, 4) is 34.8 Å². The molecule has 0 radical (unpaired) electrons. The Bertz CT molecular complexity index is 1630. The van der Waals surface area contributed by atoms with E-state index in [-0.39, 0.29) is 29.8 Å². The van der Waals surface area contributed by atoms with Crippen molar-refractivity contribution >= 4 is 11.7 Å². The second-order valence-corrected chi connectivity index (χ2v) is 10.5. The van der Waals surface area contributed by atoms with Gasteiger partial charge in [-0.05, 0) is 44.2 Å². The van der Waals surface area contributed by atoms with Gasteiger partial charge >= 0.3 is 0 Å². The molecule has 5 rings (SSSR count). The Morgan fingerprint density at radius 3 is 2.57 bits per heavy atom. The normalized spacial score (nSPS) is 23.0. The summed E-state index contributed by atoms with van der Waals surface area (Å²) in [5.41, 5.74) is 6.27. The van der Waals surface area contributed by atoms with Gasteiger partial charge in [-0.2, -0.15) is 13.8 Å². The molecule has 6 atom stereocenters. The lowest BCUT2D eigenvalue weighted by Crippen LogP contribution is -2.44. The summed E-state index contributed by atoms with van der Waals surface area (Å²) in [5.74, 6) is -6.46. The van der Waals surface area contributed by atoms with Gasteiger partial charge < -0.3 is 55.2 Å². The van der Waals surface area contributed by atoms with Crippen LogP contribution >= 0.6 is 0 Å². The highest BCUT2D eigenvalue weighted by Crippen LogP contribution is 2.41. The number of amidine groups is 2. The summed E-state index contributed by atoms with van der Waals surface area (Å²) in [5, 5.41) is 51.9. The molecule has 0 amide bonds. The van der Waals surface area contributed by atoms with Gasteiger partial charge in [0, 0.05) is 24.3 Å². The van der Waals surface area contributed by atoms with E-state index in [2.05, 4.69) is 15.3 Å². The number of rotatable bonds is 12. The first kappa shape index (κ1) is 32.8. The predicted molar refractivity (Wildman–Crippen MR) is 158 cm³/mol. The average Bonchev–Trinajstić information content (AvgIpc) is 3.61. The molecule has 14 nitrogen and oxygen atoms in total. The third kappa shape index (κ3) is 6.80. The number of hydrogen-bond donors (Lipinski definition) is 7. The highest BCUT2D eigenvalue weighted by atomic mass is 19.1. The number of nitrogens with two attached hydrogens (primary N) is 1. The number of hydrogen-bond acceptors (Lipinski definition) is 13. The number of phenols is 1. The molecule has 8 N–H and O–H groups in total. The number of benzene rings is 2. The molecule has 1 fully saturated rings. The lowest BCUT2D eigenvalue weighted by Gasteiger charge is -2.25. The van der Waals surface area contributed by atoms with Crippen molar-refractivity contribution in [1.29, 1.82) is 5.41 Å². The first-order chi connectivity index (χ1) is 22.0. The summed E-state index contributed by atoms with van der Waals surface area (Å²) in [7, 11) is 0. The molecule has 2 aliphatic heterocycles. The van der Waals surface area contributed by atoms with Crippen molar-refractivity contribution in [2.24, 2.45) is 10.7 Å². The van der Waals surface area contributed by atoms with E-state index in [0.717, 1.165) is 12.1 Å². The number of aromatic hydroxyl groups is 1.